The van der Waals surface area contributed by atoms with E-state index in [9.17, 15) is 4.39 Å². The van der Waals surface area contributed by atoms with Crippen LogP contribution in [-0.2, 0) is 0 Å². The summed E-state index contributed by atoms with van der Waals surface area (Å²) in [6, 6.07) is 12.3. The van der Waals surface area contributed by atoms with Gasteiger partial charge < -0.3 is 4.90 Å². The summed E-state index contributed by atoms with van der Waals surface area (Å²) in [6.45, 7) is 8.32. The number of aryl methyl sites for hydroxylation is 1. The number of benzene rings is 2. The monoisotopic (exact) mass is 374 g/mol. The highest BCUT2D eigenvalue weighted by Gasteiger charge is 2.20. The second-order valence-corrected chi connectivity index (χ2v) is 6.61. The number of anilines is 1. The zero-order valence-electron chi connectivity index (χ0n) is 16.1. The van der Waals surface area contributed by atoms with E-state index in [-0.39, 0.29) is 18.0 Å². The summed E-state index contributed by atoms with van der Waals surface area (Å²) < 4.78 is 14.0. The summed E-state index contributed by atoms with van der Waals surface area (Å²) in [7, 11) is 0. The highest BCUT2D eigenvalue weighted by molar-refractivity contribution is 6.36. The van der Waals surface area contributed by atoms with E-state index in [1.807, 2.05) is 43.0 Å². The van der Waals surface area contributed by atoms with Crippen molar-refractivity contribution in [2.75, 3.05) is 11.4 Å². The van der Waals surface area contributed by atoms with Crippen molar-refractivity contribution >= 4 is 17.7 Å². The first kappa shape index (κ1) is 19.5. The van der Waals surface area contributed by atoms with E-state index in [4.69, 9.17) is 11.4 Å². The molecule has 0 radical (unpaired) electrons. The third-order valence-electron chi connectivity index (χ3n) is 4.65. The average Bonchev–Trinajstić information content (AvgIpc) is 2.70. The van der Waals surface area contributed by atoms with Crippen molar-refractivity contribution in [1.82, 2.24) is 5.32 Å². The van der Waals surface area contributed by atoms with E-state index in [0.29, 0.717) is 17.9 Å². The Labute approximate surface area is 165 Å². The minimum atomic E-state index is -0.270. The Bertz CT molecular complexity index is 971. The molecule has 1 heterocycles. The molecule has 0 bridgehead atoms. The Kier molecular flexibility index (Phi) is 6.03. The predicted molar refractivity (Wildman–Crippen MR) is 114 cm³/mol. The van der Waals surface area contributed by atoms with Crippen LogP contribution in [0.5, 0.6) is 0 Å². The number of amidine groups is 1. The van der Waals surface area contributed by atoms with Crippen LogP contribution in [0.3, 0.4) is 0 Å². The molecule has 142 valence electrons. The lowest BCUT2D eigenvalue weighted by Gasteiger charge is -2.27. The van der Waals surface area contributed by atoms with Gasteiger partial charge in [-0.3, -0.25) is 10.3 Å². The Hall–Kier alpha value is -3.23. The van der Waals surface area contributed by atoms with Gasteiger partial charge >= 0.3 is 0 Å². The molecular weight excluding hydrogens is 351 g/mol. The SMILES string of the molecule is C#Cc1ccc(C)c(N(C=C)C2=NC(N[C@@H](C)c3ccccc3F)CN=C2)c1. The Balaban J connectivity index is 1.84. The van der Waals surface area contributed by atoms with E-state index in [1.165, 1.54) is 6.07 Å². The maximum absolute atomic E-state index is 14.0. The van der Waals surface area contributed by atoms with Gasteiger partial charge in [-0.25, -0.2) is 9.38 Å². The van der Waals surface area contributed by atoms with Crippen LogP contribution in [0.2, 0.25) is 0 Å². The molecule has 4 nitrogen and oxygen atoms in total. The molecule has 0 saturated carbocycles. The predicted octanol–water partition coefficient (Wildman–Crippen LogP) is 4.23. The lowest BCUT2D eigenvalue weighted by atomic mass is 10.1. The summed E-state index contributed by atoms with van der Waals surface area (Å²) >= 11 is 0. The molecule has 1 aliphatic rings. The second-order valence-electron chi connectivity index (χ2n) is 6.61. The van der Waals surface area contributed by atoms with Gasteiger partial charge in [0.2, 0.25) is 0 Å². The minimum absolute atomic E-state index is 0.201. The molecule has 0 aromatic heterocycles. The molecule has 0 spiro atoms. The van der Waals surface area contributed by atoms with Gasteiger partial charge in [-0.1, -0.05) is 36.8 Å². The fourth-order valence-corrected chi connectivity index (χ4v) is 3.16. The number of hydrogen-bond donors (Lipinski definition) is 1. The summed E-state index contributed by atoms with van der Waals surface area (Å²) in [6.07, 6.45) is 8.68. The van der Waals surface area contributed by atoms with Crippen molar-refractivity contribution in [3.05, 3.63) is 77.8 Å². The topological polar surface area (TPSA) is 40.0 Å². The van der Waals surface area contributed by atoms with Gasteiger partial charge in [-0.15, -0.1) is 6.42 Å². The van der Waals surface area contributed by atoms with Crippen molar-refractivity contribution in [2.45, 2.75) is 26.1 Å². The van der Waals surface area contributed by atoms with Gasteiger partial charge in [0.1, 0.15) is 12.0 Å². The number of terminal acetylenes is 1. The molecule has 5 heteroatoms. The highest BCUT2D eigenvalue weighted by atomic mass is 19.1. The van der Waals surface area contributed by atoms with Gasteiger partial charge in [0.05, 0.1) is 18.4 Å². The first-order chi connectivity index (χ1) is 13.5. The number of halogens is 1. The van der Waals surface area contributed by atoms with Gasteiger partial charge in [0.25, 0.3) is 0 Å². The van der Waals surface area contributed by atoms with Crippen LogP contribution in [0.15, 0.2) is 65.2 Å². The van der Waals surface area contributed by atoms with Crippen LogP contribution in [0.1, 0.15) is 29.7 Å². The van der Waals surface area contributed by atoms with Gasteiger partial charge in [0.15, 0.2) is 5.84 Å². The van der Waals surface area contributed by atoms with Gasteiger partial charge in [0, 0.05) is 23.4 Å². The zero-order valence-corrected chi connectivity index (χ0v) is 16.1. The number of nitrogens with one attached hydrogen (secondary N) is 1. The standard InChI is InChI=1S/C23H23FN4/c1-5-18-12-11-16(3)21(13-18)28(6-2)23-15-25-14-22(27-23)26-17(4)19-9-7-8-10-20(19)24/h1,6-13,15,17,22,26H,2,14H2,3-4H3/t17-,22?/m0/s1. The number of rotatable bonds is 5. The third-order valence-corrected chi connectivity index (χ3v) is 4.65. The molecule has 0 aliphatic carbocycles. The van der Waals surface area contributed by atoms with Crippen LogP contribution in [0.25, 0.3) is 0 Å². The van der Waals surface area contributed by atoms with Crippen LogP contribution < -0.4 is 10.2 Å². The van der Waals surface area contributed by atoms with Crippen LogP contribution in [0.4, 0.5) is 10.1 Å². The van der Waals surface area contributed by atoms with Crippen molar-refractivity contribution in [3.63, 3.8) is 0 Å². The maximum Gasteiger partial charge on any atom is 0.152 e. The number of hydrogen-bond acceptors (Lipinski definition) is 4. The Morgan fingerprint density at radius 2 is 2.14 bits per heavy atom. The van der Waals surface area contributed by atoms with Crippen LogP contribution >= 0.6 is 0 Å². The van der Waals surface area contributed by atoms with E-state index >= 15 is 0 Å². The molecule has 2 atom stereocenters. The first-order valence-corrected chi connectivity index (χ1v) is 9.10. The minimum Gasteiger partial charge on any atom is -0.301 e. The van der Waals surface area contributed by atoms with E-state index in [1.54, 1.807) is 24.5 Å². The largest absolute Gasteiger partial charge is 0.301 e. The molecule has 0 amide bonds. The number of nitrogens with zero attached hydrogens (tertiary/aromatic N) is 3. The summed E-state index contributed by atoms with van der Waals surface area (Å²) in [5.74, 6) is 3.07. The molecule has 1 N–H and O–H groups in total. The lowest BCUT2D eigenvalue weighted by molar-refractivity contribution is 0.456. The molecule has 1 unspecified atom stereocenters. The van der Waals surface area contributed by atoms with Crippen LogP contribution in [0, 0.1) is 25.1 Å². The quantitative estimate of drug-likeness (QED) is 0.796. The molecule has 2 aromatic carbocycles. The lowest BCUT2D eigenvalue weighted by Crippen LogP contribution is -2.39. The first-order valence-electron chi connectivity index (χ1n) is 9.10. The molecular formula is C23H23FN4. The molecule has 0 fully saturated rings. The van der Waals surface area contributed by atoms with E-state index in [0.717, 1.165) is 16.8 Å². The smallest absolute Gasteiger partial charge is 0.152 e. The van der Waals surface area contributed by atoms with Crippen molar-refractivity contribution in [2.24, 2.45) is 9.98 Å². The second kappa shape index (κ2) is 8.64. The van der Waals surface area contributed by atoms with E-state index in [2.05, 4.69) is 22.8 Å². The summed E-state index contributed by atoms with van der Waals surface area (Å²) in [5, 5.41) is 3.34. The average molecular weight is 374 g/mol. The normalized spacial score (nSPS) is 16.8. The summed E-state index contributed by atoms with van der Waals surface area (Å²) in [4.78, 5) is 11.1. The number of aliphatic imine (C=N–C) groups is 2. The summed E-state index contributed by atoms with van der Waals surface area (Å²) in [5.41, 5.74) is 3.33. The third kappa shape index (κ3) is 4.19. The molecule has 0 saturated heterocycles. The van der Waals surface area contributed by atoms with Gasteiger partial charge in [-0.2, -0.15) is 0 Å². The van der Waals surface area contributed by atoms with Crippen molar-refractivity contribution in [3.8, 4) is 12.3 Å². The van der Waals surface area contributed by atoms with Gasteiger partial charge in [-0.05, 0) is 37.6 Å². The molecule has 1 aliphatic heterocycles. The van der Waals surface area contributed by atoms with Crippen molar-refractivity contribution < 1.29 is 4.39 Å². The molecule has 28 heavy (non-hydrogen) atoms. The molecule has 2 aromatic rings. The van der Waals surface area contributed by atoms with Crippen LogP contribution in [-0.4, -0.2) is 24.8 Å². The molecule has 3 rings (SSSR count). The highest BCUT2D eigenvalue weighted by Crippen LogP contribution is 2.23. The Morgan fingerprint density at radius 3 is 2.86 bits per heavy atom. The fraction of sp³-hybridized carbons (Fsp3) is 0.217. The fourth-order valence-electron chi connectivity index (χ4n) is 3.16. The maximum atomic E-state index is 14.0. The van der Waals surface area contributed by atoms with Crippen molar-refractivity contribution in [1.29, 1.82) is 0 Å². The zero-order chi connectivity index (χ0) is 20.1. The Morgan fingerprint density at radius 1 is 1.36 bits per heavy atom. The van der Waals surface area contributed by atoms with E-state index < -0.39 is 0 Å².